The van der Waals surface area contributed by atoms with Gasteiger partial charge in [0.2, 0.25) is 0 Å². The first-order valence-corrected chi connectivity index (χ1v) is 6.22. The molecule has 0 saturated carbocycles. The second-order valence-corrected chi connectivity index (χ2v) is 4.08. The molecule has 1 aromatic carbocycles. The van der Waals surface area contributed by atoms with Gasteiger partial charge >= 0.3 is 0 Å². The smallest absolute Gasteiger partial charge is 0.253 e. The minimum Gasteiger partial charge on any atom is -0.395 e. The van der Waals surface area contributed by atoms with E-state index in [9.17, 15) is 9.18 Å². The zero-order valence-corrected chi connectivity index (χ0v) is 11.1. The molecule has 2 rings (SSSR count). The van der Waals surface area contributed by atoms with Crippen LogP contribution < -0.4 is 5.32 Å². The normalized spacial score (nSPS) is 9.81. The maximum absolute atomic E-state index is 13.3. The molecule has 0 aliphatic heterocycles. The van der Waals surface area contributed by atoms with Gasteiger partial charge in [-0.3, -0.25) is 9.89 Å². The van der Waals surface area contributed by atoms with Gasteiger partial charge in [0.25, 0.3) is 5.91 Å². The number of hydrogen-bond acceptors (Lipinski definition) is 4. The molecule has 7 heteroatoms. The molecule has 21 heavy (non-hydrogen) atoms. The van der Waals surface area contributed by atoms with Crippen molar-refractivity contribution >= 4 is 5.91 Å². The van der Waals surface area contributed by atoms with E-state index in [4.69, 9.17) is 5.11 Å². The van der Waals surface area contributed by atoms with Crippen molar-refractivity contribution in [1.29, 1.82) is 0 Å². The van der Waals surface area contributed by atoms with Crippen LogP contribution in [0.15, 0.2) is 24.5 Å². The number of carbonyl (C=O) groups is 1. The molecule has 0 aliphatic carbocycles. The lowest BCUT2D eigenvalue weighted by Crippen LogP contribution is -2.24. The molecule has 3 N–H and O–H groups in total. The van der Waals surface area contributed by atoms with Crippen LogP contribution in [0.2, 0.25) is 0 Å². The standard InChI is InChI=1S/C14H13FN4O2/c15-11-5-4-10(3-1-2-6-20)12(7-11)14(21)16-8-13-17-9-18-19-13/h4-5,7,9,20H,2,6,8H2,(H,16,21)(H,17,18,19). The first-order valence-electron chi connectivity index (χ1n) is 6.22. The van der Waals surface area contributed by atoms with E-state index in [0.29, 0.717) is 11.4 Å². The van der Waals surface area contributed by atoms with E-state index in [1.807, 2.05) is 0 Å². The maximum atomic E-state index is 13.3. The van der Waals surface area contributed by atoms with Crippen molar-refractivity contribution in [2.24, 2.45) is 0 Å². The third-order valence-electron chi connectivity index (χ3n) is 2.57. The number of carbonyl (C=O) groups excluding carboxylic acids is 1. The molecule has 0 radical (unpaired) electrons. The Balaban J connectivity index is 2.15. The quantitative estimate of drug-likeness (QED) is 0.719. The molecule has 0 aliphatic rings. The van der Waals surface area contributed by atoms with Crippen molar-refractivity contribution in [2.75, 3.05) is 6.61 Å². The fourth-order valence-corrected chi connectivity index (χ4v) is 1.60. The van der Waals surface area contributed by atoms with Gasteiger partial charge in [-0.1, -0.05) is 11.8 Å². The molecule has 1 amide bonds. The molecular weight excluding hydrogens is 275 g/mol. The van der Waals surface area contributed by atoms with Gasteiger partial charge in [-0.15, -0.1) is 0 Å². The number of aromatic nitrogens is 3. The van der Waals surface area contributed by atoms with Crippen molar-refractivity contribution in [3.8, 4) is 11.8 Å². The molecule has 1 heterocycles. The number of halogens is 1. The van der Waals surface area contributed by atoms with E-state index < -0.39 is 11.7 Å². The molecule has 0 unspecified atom stereocenters. The first-order chi connectivity index (χ1) is 10.2. The van der Waals surface area contributed by atoms with E-state index in [1.165, 1.54) is 18.5 Å². The molecule has 0 fully saturated rings. The van der Waals surface area contributed by atoms with Gasteiger partial charge in [0.15, 0.2) is 0 Å². The molecule has 6 nitrogen and oxygen atoms in total. The number of nitrogens with zero attached hydrogens (tertiary/aromatic N) is 2. The summed E-state index contributed by atoms with van der Waals surface area (Å²) in [4.78, 5) is 16.0. The summed E-state index contributed by atoms with van der Waals surface area (Å²) in [6.45, 7) is 0.0834. The number of aromatic amines is 1. The summed E-state index contributed by atoms with van der Waals surface area (Å²) in [5.74, 6) is 4.96. The van der Waals surface area contributed by atoms with Crippen molar-refractivity contribution in [3.05, 3.63) is 47.3 Å². The van der Waals surface area contributed by atoms with Crippen LogP contribution in [0.25, 0.3) is 0 Å². The second kappa shape index (κ2) is 7.17. The number of aliphatic hydroxyl groups excluding tert-OH is 1. The summed E-state index contributed by atoms with van der Waals surface area (Å²) < 4.78 is 13.3. The van der Waals surface area contributed by atoms with Crippen molar-refractivity contribution in [1.82, 2.24) is 20.5 Å². The van der Waals surface area contributed by atoms with Gasteiger partial charge in [0.05, 0.1) is 18.7 Å². The average molecular weight is 288 g/mol. The minimum absolute atomic E-state index is 0.0682. The van der Waals surface area contributed by atoms with Crippen LogP contribution in [0.3, 0.4) is 0 Å². The van der Waals surface area contributed by atoms with E-state index in [1.54, 1.807) is 0 Å². The molecule has 108 valence electrons. The Labute approximate surface area is 120 Å². The Bertz CT molecular complexity index is 674. The predicted octanol–water partition coefficient (Wildman–Crippen LogP) is 0.608. The fraction of sp³-hybridized carbons (Fsp3) is 0.214. The SMILES string of the molecule is O=C(NCc1ncn[nH]1)c1cc(F)ccc1C#CCCO. The lowest BCUT2D eigenvalue weighted by atomic mass is 10.1. The van der Waals surface area contributed by atoms with E-state index in [-0.39, 0.29) is 25.1 Å². The lowest BCUT2D eigenvalue weighted by Gasteiger charge is -2.06. The van der Waals surface area contributed by atoms with Crippen molar-refractivity contribution in [3.63, 3.8) is 0 Å². The third kappa shape index (κ3) is 4.12. The van der Waals surface area contributed by atoms with Gasteiger partial charge in [0, 0.05) is 12.0 Å². The number of hydrogen-bond donors (Lipinski definition) is 3. The fourth-order valence-electron chi connectivity index (χ4n) is 1.60. The van der Waals surface area contributed by atoms with Crippen LogP contribution >= 0.6 is 0 Å². The maximum Gasteiger partial charge on any atom is 0.253 e. The minimum atomic E-state index is -0.521. The highest BCUT2D eigenvalue weighted by molar-refractivity contribution is 5.96. The van der Waals surface area contributed by atoms with Gasteiger partial charge in [-0.2, -0.15) is 5.10 Å². The predicted molar refractivity (Wildman–Crippen MR) is 72.5 cm³/mol. The largest absolute Gasteiger partial charge is 0.395 e. The average Bonchev–Trinajstić information content (AvgIpc) is 3.00. The van der Waals surface area contributed by atoms with Crippen molar-refractivity contribution < 1.29 is 14.3 Å². The highest BCUT2D eigenvalue weighted by Gasteiger charge is 2.11. The number of nitrogens with one attached hydrogen (secondary N) is 2. The van der Waals surface area contributed by atoms with Crippen LogP contribution in [0.1, 0.15) is 28.2 Å². The van der Waals surface area contributed by atoms with Crippen LogP contribution in [-0.2, 0) is 6.54 Å². The monoisotopic (exact) mass is 288 g/mol. The van der Waals surface area contributed by atoms with Crippen LogP contribution in [0.5, 0.6) is 0 Å². The van der Waals surface area contributed by atoms with Crippen LogP contribution in [0, 0.1) is 17.7 Å². The zero-order chi connectivity index (χ0) is 15.1. The first kappa shape index (κ1) is 14.7. The van der Waals surface area contributed by atoms with E-state index in [0.717, 1.165) is 6.07 Å². The van der Waals surface area contributed by atoms with Gasteiger partial charge in [-0.05, 0) is 18.2 Å². The molecule has 0 spiro atoms. The molecular formula is C14H13FN4O2. The van der Waals surface area contributed by atoms with E-state index >= 15 is 0 Å². The summed E-state index contributed by atoms with van der Waals surface area (Å²) in [6.07, 6.45) is 1.62. The Morgan fingerprint density at radius 3 is 3.05 bits per heavy atom. The Hall–Kier alpha value is -2.72. The molecule has 2 aromatic rings. The number of aliphatic hydroxyl groups is 1. The molecule has 0 saturated heterocycles. The third-order valence-corrected chi connectivity index (χ3v) is 2.57. The summed E-state index contributed by atoms with van der Waals surface area (Å²) in [5.41, 5.74) is 0.542. The summed E-state index contributed by atoms with van der Waals surface area (Å²) in [5, 5.41) is 17.6. The summed E-state index contributed by atoms with van der Waals surface area (Å²) in [7, 11) is 0. The van der Waals surface area contributed by atoms with Gasteiger partial charge in [0.1, 0.15) is 18.0 Å². The van der Waals surface area contributed by atoms with Crippen LogP contribution in [-0.4, -0.2) is 32.8 Å². The van der Waals surface area contributed by atoms with Gasteiger partial charge in [-0.25, -0.2) is 9.37 Å². The number of benzene rings is 1. The summed E-state index contributed by atoms with van der Waals surface area (Å²) >= 11 is 0. The Morgan fingerprint density at radius 1 is 1.48 bits per heavy atom. The zero-order valence-electron chi connectivity index (χ0n) is 11.1. The number of H-pyrrole nitrogens is 1. The lowest BCUT2D eigenvalue weighted by molar-refractivity contribution is 0.0949. The molecule has 0 bridgehead atoms. The second-order valence-electron chi connectivity index (χ2n) is 4.08. The van der Waals surface area contributed by atoms with Gasteiger partial charge < -0.3 is 10.4 Å². The van der Waals surface area contributed by atoms with Crippen LogP contribution in [0.4, 0.5) is 4.39 Å². The number of amides is 1. The van der Waals surface area contributed by atoms with Crippen molar-refractivity contribution in [2.45, 2.75) is 13.0 Å². The topological polar surface area (TPSA) is 90.9 Å². The highest BCUT2D eigenvalue weighted by atomic mass is 19.1. The molecule has 1 aromatic heterocycles. The highest BCUT2D eigenvalue weighted by Crippen LogP contribution is 2.10. The Kier molecular flexibility index (Phi) is 5.01. The van der Waals surface area contributed by atoms with E-state index in [2.05, 4.69) is 32.3 Å². The number of rotatable bonds is 4. The summed E-state index contributed by atoms with van der Waals surface area (Å²) in [6, 6.07) is 3.79. The molecule has 0 atom stereocenters. The Morgan fingerprint density at radius 2 is 2.33 bits per heavy atom.